The Bertz CT molecular complexity index is 668. The topological polar surface area (TPSA) is 80.5 Å². The molecule has 1 aromatic heterocycles. The Morgan fingerprint density at radius 3 is 2.71 bits per heavy atom. The van der Waals surface area contributed by atoms with Crippen LogP contribution in [0.25, 0.3) is 0 Å². The average molecular weight is 330 g/mol. The van der Waals surface area contributed by atoms with Gasteiger partial charge >= 0.3 is 5.69 Å². The Balaban J connectivity index is 2.04. The number of nitrogens with zero attached hydrogens (tertiary/aromatic N) is 2. The summed E-state index contributed by atoms with van der Waals surface area (Å²) in [4.78, 5) is 12.9. The highest BCUT2D eigenvalue weighted by Gasteiger charge is 2.39. The van der Waals surface area contributed by atoms with Crippen molar-refractivity contribution in [1.82, 2.24) is 0 Å². The molecule has 1 saturated heterocycles. The van der Waals surface area contributed by atoms with Crippen LogP contribution in [0.5, 0.6) is 0 Å². The molecule has 1 aromatic rings. The van der Waals surface area contributed by atoms with Crippen LogP contribution in [0.1, 0.15) is 32.1 Å². The van der Waals surface area contributed by atoms with E-state index < -0.39 is 14.8 Å². The minimum absolute atomic E-state index is 0.0621. The lowest BCUT2D eigenvalue weighted by molar-refractivity contribution is -0.383. The molecular weight excluding hydrogens is 312 g/mol. The molecule has 0 amide bonds. The zero-order chi connectivity index (χ0) is 15.2. The summed E-state index contributed by atoms with van der Waals surface area (Å²) in [7, 11) is -3.41. The summed E-state index contributed by atoms with van der Waals surface area (Å²) < 4.78 is 23.5. The maximum Gasteiger partial charge on any atom is 0.305 e. The predicted molar refractivity (Wildman–Crippen MR) is 81.8 cm³/mol. The molecule has 0 spiro atoms. The van der Waals surface area contributed by atoms with Crippen LogP contribution in [0.4, 0.5) is 10.7 Å². The van der Waals surface area contributed by atoms with Crippen molar-refractivity contribution < 1.29 is 13.3 Å². The molecule has 21 heavy (non-hydrogen) atoms. The fourth-order valence-corrected chi connectivity index (χ4v) is 5.69. The zero-order valence-electron chi connectivity index (χ0n) is 11.8. The molecule has 2 fully saturated rings. The molecule has 0 radical (unpaired) electrons. The van der Waals surface area contributed by atoms with Crippen LogP contribution in [-0.4, -0.2) is 32.2 Å². The van der Waals surface area contributed by atoms with Crippen LogP contribution in [0.2, 0.25) is 0 Å². The fourth-order valence-electron chi connectivity index (χ4n) is 3.58. The lowest BCUT2D eigenvalue weighted by Crippen LogP contribution is -2.42. The quantitative estimate of drug-likeness (QED) is 0.629. The van der Waals surface area contributed by atoms with E-state index in [1.54, 1.807) is 0 Å². The molecule has 8 heteroatoms. The number of hydrogen-bond acceptors (Lipinski definition) is 6. The van der Waals surface area contributed by atoms with Gasteiger partial charge in [0.2, 0.25) is 0 Å². The van der Waals surface area contributed by atoms with E-state index in [4.69, 9.17) is 0 Å². The number of thiophene rings is 1. The molecule has 6 nitrogen and oxygen atoms in total. The molecule has 2 aliphatic rings. The molecule has 116 valence electrons. The van der Waals surface area contributed by atoms with Gasteiger partial charge in [-0.3, -0.25) is 10.1 Å². The van der Waals surface area contributed by atoms with Crippen molar-refractivity contribution in [2.75, 3.05) is 17.7 Å². The van der Waals surface area contributed by atoms with Gasteiger partial charge < -0.3 is 4.90 Å². The van der Waals surface area contributed by atoms with Crippen LogP contribution >= 0.6 is 11.3 Å². The molecule has 0 N–H and O–H groups in total. The molecule has 2 atom stereocenters. The monoisotopic (exact) mass is 330 g/mol. The second-order valence-corrected chi connectivity index (χ2v) is 9.15. The van der Waals surface area contributed by atoms with Gasteiger partial charge in [-0.05, 0) is 31.6 Å². The second-order valence-electron chi connectivity index (χ2n) is 5.88. The lowest BCUT2D eigenvalue weighted by Gasteiger charge is -2.38. The van der Waals surface area contributed by atoms with Gasteiger partial charge in [-0.1, -0.05) is 17.8 Å². The standard InChI is InChI=1S/C13H18N2O4S2/c1-21(18,19)12-8-11(15(16)17)13(20-12)14-7-3-5-9-4-2-6-10(9)14/h8-10H,2-7H2,1H3/t9-,10-/m1/s1. The Morgan fingerprint density at radius 1 is 1.33 bits per heavy atom. The molecule has 0 aromatic carbocycles. The van der Waals surface area contributed by atoms with Crippen molar-refractivity contribution in [3.63, 3.8) is 0 Å². The fraction of sp³-hybridized carbons (Fsp3) is 0.692. The van der Waals surface area contributed by atoms with Crippen molar-refractivity contribution in [2.45, 2.75) is 42.4 Å². The molecule has 0 unspecified atom stereocenters. The minimum Gasteiger partial charge on any atom is -0.355 e. The number of sulfone groups is 1. The molecule has 1 saturated carbocycles. The molecule has 2 heterocycles. The zero-order valence-corrected chi connectivity index (χ0v) is 13.5. The third-order valence-corrected chi connectivity index (χ3v) is 7.45. The first-order valence-electron chi connectivity index (χ1n) is 7.13. The Kier molecular flexibility index (Phi) is 3.69. The van der Waals surface area contributed by atoms with E-state index in [2.05, 4.69) is 4.90 Å². The van der Waals surface area contributed by atoms with Crippen molar-refractivity contribution in [1.29, 1.82) is 0 Å². The summed E-state index contributed by atoms with van der Waals surface area (Å²) in [6.45, 7) is 0.783. The average Bonchev–Trinajstić information content (AvgIpc) is 3.04. The molecule has 1 aliphatic heterocycles. The summed E-state index contributed by atoms with van der Waals surface area (Å²) in [6, 6.07) is 1.55. The third-order valence-electron chi connectivity index (χ3n) is 4.49. The first-order chi connectivity index (χ1) is 9.88. The lowest BCUT2D eigenvalue weighted by atomic mass is 9.92. The Morgan fingerprint density at radius 2 is 2.05 bits per heavy atom. The van der Waals surface area contributed by atoms with Gasteiger partial charge in [-0.2, -0.15) is 0 Å². The van der Waals surface area contributed by atoms with E-state index in [9.17, 15) is 18.5 Å². The van der Waals surface area contributed by atoms with Crippen LogP contribution in [0.3, 0.4) is 0 Å². The maximum absolute atomic E-state index is 11.7. The smallest absolute Gasteiger partial charge is 0.305 e. The molecule has 0 bridgehead atoms. The van der Waals surface area contributed by atoms with Gasteiger partial charge in [0.05, 0.1) is 4.92 Å². The van der Waals surface area contributed by atoms with Crippen LogP contribution in [0.15, 0.2) is 10.3 Å². The van der Waals surface area contributed by atoms with Crippen molar-refractivity contribution >= 4 is 31.9 Å². The summed E-state index contributed by atoms with van der Waals surface area (Å²) >= 11 is 1.05. The molecular formula is C13H18N2O4S2. The van der Waals surface area contributed by atoms with Gasteiger partial charge in [0.25, 0.3) is 0 Å². The van der Waals surface area contributed by atoms with E-state index in [0.29, 0.717) is 17.0 Å². The number of hydrogen-bond donors (Lipinski definition) is 0. The number of fused-ring (bicyclic) bond motifs is 1. The minimum atomic E-state index is -3.41. The second kappa shape index (κ2) is 5.24. The third kappa shape index (κ3) is 2.66. The van der Waals surface area contributed by atoms with Gasteiger partial charge in [-0.15, -0.1) is 0 Å². The van der Waals surface area contributed by atoms with E-state index in [1.165, 1.54) is 18.9 Å². The molecule has 1 aliphatic carbocycles. The van der Waals surface area contributed by atoms with Gasteiger partial charge in [0, 0.05) is 24.9 Å². The van der Waals surface area contributed by atoms with Gasteiger partial charge in [0.15, 0.2) is 14.8 Å². The summed E-state index contributed by atoms with van der Waals surface area (Å²) in [6.07, 6.45) is 6.68. The van der Waals surface area contributed by atoms with Crippen LogP contribution < -0.4 is 4.90 Å². The summed E-state index contributed by atoms with van der Waals surface area (Å²) in [5.41, 5.74) is -0.0621. The first-order valence-corrected chi connectivity index (χ1v) is 9.83. The Labute approximate surface area is 127 Å². The van der Waals surface area contributed by atoms with Crippen LogP contribution in [-0.2, 0) is 9.84 Å². The highest BCUT2D eigenvalue weighted by molar-refractivity contribution is 7.92. The van der Waals surface area contributed by atoms with Crippen molar-refractivity contribution in [3.05, 3.63) is 16.2 Å². The van der Waals surface area contributed by atoms with Gasteiger partial charge in [0.1, 0.15) is 4.21 Å². The van der Waals surface area contributed by atoms with Crippen LogP contribution in [0, 0.1) is 16.0 Å². The van der Waals surface area contributed by atoms with E-state index >= 15 is 0 Å². The van der Waals surface area contributed by atoms with E-state index in [0.717, 1.165) is 43.4 Å². The van der Waals surface area contributed by atoms with E-state index in [-0.39, 0.29) is 9.90 Å². The highest BCUT2D eigenvalue weighted by atomic mass is 32.2. The molecule has 3 rings (SSSR count). The largest absolute Gasteiger partial charge is 0.355 e. The van der Waals surface area contributed by atoms with Gasteiger partial charge in [-0.25, -0.2) is 8.42 Å². The highest BCUT2D eigenvalue weighted by Crippen LogP contribution is 2.46. The number of piperidine rings is 1. The van der Waals surface area contributed by atoms with Crippen molar-refractivity contribution in [2.24, 2.45) is 5.92 Å². The maximum atomic E-state index is 11.7. The number of nitro groups is 1. The SMILES string of the molecule is CS(=O)(=O)c1cc([N+](=O)[O-])c(N2CCC[C@H]3CCC[C@H]32)s1. The predicted octanol–water partition coefficient (Wildman–Crippen LogP) is 2.83. The Hall–Kier alpha value is -1.15. The van der Waals surface area contributed by atoms with Crippen molar-refractivity contribution in [3.8, 4) is 0 Å². The first kappa shape index (κ1) is 14.8. The summed E-state index contributed by atoms with van der Waals surface area (Å²) in [5, 5.41) is 11.8. The normalized spacial score (nSPS) is 25.9. The van der Waals surface area contributed by atoms with E-state index in [1.807, 2.05) is 0 Å². The number of anilines is 1. The number of rotatable bonds is 3. The summed E-state index contributed by atoms with van der Waals surface area (Å²) in [5.74, 6) is 0.599.